The van der Waals surface area contributed by atoms with Crippen molar-refractivity contribution in [3.8, 4) is 0 Å². The normalized spacial score (nSPS) is 15.4. The maximum atomic E-state index is 11.5. The number of hydrogen-bond acceptors (Lipinski definition) is 8. The van der Waals surface area contributed by atoms with E-state index in [1.54, 1.807) is 6.07 Å². The molecule has 1 heterocycles. The first-order valence-electron chi connectivity index (χ1n) is 8.64. The molecule has 0 radical (unpaired) electrons. The Morgan fingerprint density at radius 1 is 1.36 bits per heavy atom. The number of nitrogens with zero attached hydrogens (tertiary/aromatic N) is 4. The van der Waals surface area contributed by atoms with Crippen molar-refractivity contribution < 1.29 is 14.7 Å². The average molecular weight is 349 g/mol. The summed E-state index contributed by atoms with van der Waals surface area (Å²) in [5.74, 6) is 0. The maximum Gasteiger partial charge on any atom is 0.323 e. The predicted molar refractivity (Wildman–Crippen MR) is 93.9 cm³/mol. The molecular weight excluding hydrogens is 326 g/mol. The summed E-state index contributed by atoms with van der Waals surface area (Å²) in [7, 11) is 1.99. The molecule has 3 rings (SSSR count). The van der Waals surface area contributed by atoms with Crippen LogP contribution in [0.4, 0.5) is 17.1 Å². The SMILES string of the molecule is CN(c1cc(NCCCO)c([N+](=O)[O-])c2nonc12)C1CCCCC1. The minimum Gasteiger partial charge on any atom is -0.396 e. The summed E-state index contributed by atoms with van der Waals surface area (Å²) in [6.45, 7) is 0.449. The monoisotopic (exact) mass is 349 g/mol. The minimum absolute atomic E-state index is 0.0173. The third-order valence-electron chi connectivity index (χ3n) is 4.83. The number of nitrogens with one attached hydrogen (secondary N) is 1. The van der Waals surface area contributed by atoms with Gasteiger partial charge in [-0.3, -0.25) is 10.1 Å². The van der Waals surface area contributed by atoms with Crippen molar-refractivity contribution in [1.29, 1.82) is 0 Å². The van der Waals surface area contributed by atoms with Gasteiger partial charge in [-0.25, -0.2) is 4.63 Å². The van der Waals surface area contributed by atoms with Gasteiger partial charge in [-0.1, -0.05) is 19.3 Å². The minimum atomic E-state index is -0.474. The number of benzene rings is 1. The maximum absolute atomic E-state index is 11.5. The lowest BCUT2D eigenvalue weighted by Gasteiger charge is -2.33. The Hall–Kier alpha value is -2.42. The Balaban J connectivity index is 2.03. The van der Waals surface area contributed by atoms with Gasteiger partial charge in [-0.05, 0) is 35.6 Å². The Kier molecular flexibility index (Phi) is 5.32. The van der Waals surface area contributed by atoms with Gasteiger partial charge in [-0.15, -0.1) is 0 Å². The molecule has 0 unspecified atom stereocenters. The molecule has 1 saturated carbocycles. The first kappa shape index (κ1) is 17.4. The number of hydrogen-bond donors (Lipinski definition) is 2. The zero-order valence-corrected chi connectivity index (χ0v) is 14.3. The third-order valence-corrected chi connectivity index (χ3v) is 4.83. The Bertz CT molecular complexity index is 741. The molecule has 0 aliphatic heterocycles. The molecule has 0 bridgehead atoms. The van der Waals surface area contributed by atoms with E-state index in [0.29, 0.717) is 30.2 Å². The van der Waals surface area contributed by atoms with Crippen LogP contribution in [-0.4, -0.2) is 46.6 Å². The second kappa shape index (κ2) is 7.64. The van der Waals surface area contributed by atoms with Crippen LogP contribution >= 0.6 is 0 Å². The lowest BCUT2D eigenvalue weighted by atomic mass is 9.94. The van der Waals surface area contributed by atoms with Gasteiger partial charge in [0.15, 0.2) is 5.52 Å². The molecule has 1 fully saturated rings. The van der Waals surface area contributed by atoms with Gasteiger partial charge in [0.2, 0.25) is 5.52 Å². The summed E-state index contributed by atoms with van der Waals surface area (Å²) in [5, 5.41) is 31.2. The molecule has 0 spiro atoms. The summed E-state index contributed by atoms with van der Waals surface area (Å²) in [5.41, 5.74) is 1.57. The quantitative estimate of drug-likeness (QED) is 0.445. The predicted octanol–water partition coefficient (Wildman–Crippen LogP) is 2.69. The number of anilines is 2. The fraction of sp³-hybridized carbons (Fsp3) is 0.625. The first-order chi connectivity index (χ1) is 12.1. The van der Waals surface area contributed by atoms with Crippen LogP contribution < -0.4 is 10.2 Å². The molecule has 1 aliphatic rings. The molecule has 0 amide bonds. The van der Waals surface area contributed by atoms with Crippen molar-refractivity contribution in [2.75, 3.05) is 30.4 Å². The smallest absolute Gasteiger partial charge is 0.323 e. The molecular formula is C16H23N5O4. The van der Waals surface area contributed by atoms with Gasteiger partial charge in [0, 0.05) is 26.2 Å². The van der Waals surface area contributed by atoms with Crippen LogP contribution in [0.5, 0.6) is 0 Å². The van der Waals surface area contributed by atoms with E-state index in [9.17, 15) is 10.1 Å². The summed E-state index contributed by atoms with van der Waals surface area (Å²) in [6, 6.07) is 2.12. The summed E-state index contributed by atoms with van der Waals surface area (Å²) >= 11 is 0. The molecule has 0 saturated heterocycles. The Labute approximate surface area is 145 Å². The second-order valence-electron chi connectivity index (χ2n) is 6.42. The number of rotatable bonds is 7. The van der Waals surface area contributed by atoms with E-state index in [4.69, 9.17) is 9.74 Å². The molecule has 1 aromatic heterocycles. The van der Waals surface area contributed by atoms with E-state index < -0.39 is 4.92 Å². The van der Waals surface area contributed by atoms with E-state index in [0.717, 1.165) is 18.5 Å². The zero-order valence-electron chi connectivity index (χ0n) is 14.3. The van der Waals surface area contributed by atoms with Crippen molar-refractivity contribution in [2.45, 2.75) is 44.6 Å². The van der Waals surface area contributed by atoms with E-state index in [2.05, 4.69) is 20.5 Å². The van der Waals surface area contributed by atoms with Crippen molar-refractivity contribution in [2.24, 2.45) is 0 Å². The molecule has 9 nitrogen and oxygen atoms in total. The molecule has 2 aromatic rings. The largest absolute Gasteiger partial charge is 0.396 e. The molecule has 2 N–H and O–H groups in total. The first-order valence-corrected chi connectivity index (χ1v) is 8.64. The number of aromatic nitrogens is 2. The number of fused-ring (bicyclic) bond motifs is 1. The van der Waals surface area contributed by atoms with E-state index in [-0.39, 0.29) is 17.8 Å². The van der Waals surface area contributed by atoms with Gasteiger partial charge < -0.3 is 15.3 Å². The van der Waals surface area contributed by atoms with Crippen LogP contribution in [-0.2, 0) is 0 Å². The van der Waals surface area contributed by atoms with E-state index >= 15 is 0 Å². The highest BCUT2D eigenvalue weighted by molar-refractivity contribution is 5.99. The number of nitro benzene ring substituents is 1. The van der Waals surface area contributed by atoms with Crippen LogP contribution in [0.3, 0.4) is 0 Å². The van der Waals surface area contributed by atoms with Crippen LogP contribution in [0, 0.1) is 10.1 Å². The fourth-order valence-electron chi connectivity index (χ4n) is 3.47. The van der Waals surface area contributed by atoms with Gasteiger partial charge in [0.1, 0.15) is 5.69 Å². The van der Waals surface area contributed by atoms with Crippen LogP contribution in [0.2, 0.25) is 0 Å². The summed E-state index contributed by atoms with van der Waals surface area (Å²) < 4.78 is 4.82. The zero-order chi connectivity index (χ0) is 17.8. The molecule has 136 valence electrons. The number of aliphatic hydroxyl groups excluding tert-OH is 1. The molecule has 1 aromatic carbocycles. The molecule has 9 heteroatoms. The van der Waals surface area contributed by atoms with Crippen molar-refractivity contribution >= 4 is 28.1 Å². The summed E-state index contributed by atoms with van der Waals surface area (Å²) in [6.07, 6.45) is 6.30. The van der Waals surface area contributed by atoms with Gasteiger partial charge >= 0.3 is 5.69 Å². The van der Waals surface area contributed by atoms with Gasteiger partial charge in [0.25, 0.3) is 0 Å². The third kappa shape index (κ3) is 3.51. The molecule has 25 heavy (non-hydrogen) atoms. The topological polar surface area (TPSA) is 118 Å². The van der Waals surface area contributed by atoms with Crippen molar-refractivity contribution in [3.63, 3.8) is 0 Å². The highest BCUT2D eigenvalue weighted by Crippen LogP contribution is 2.39. The Morgan fingerprint density at radius 3 is 2.76 bits per heavy atom. The van der Waals surface area contributed by atoms with E-state index in [1.165, 1.54) is 19.3 Å². The van der Waals surface area contributed by atoms with Gasteiger partial charge in [-0.2, -0.15) is 0 Å². The second-order valence-corrected chi connectivity index (χ2v) is 6.42. The van der Waals surface area contributed by atoms with Crippen LogP contribution in [0.1, 0.15) is 38.5 Å². The highest BCUT2D eigenvalue weighted by Gasteiger charge is 2.29. The van der Waals surface area contributed by atoms with Crippen molar-refractivity contribution in [3.05, 3.63) is 16.2 Å². The van der Waals surface area contributed by atoms with Crippen LogP contribution in [0.15, 0.2) is 10.7 Å². The fourth-order valence-corrected chi connectivity index (χ4v) is 3.47. The standard InChI is InChI=1S/C16H23N5O4/c1-20(11-6-3-2-4-7-11)13-10-12(17-8-5-9-22)16(21(23)24)15-14(13)18-25-19-15/h10-11,17,22H,2-9H2,1H3. The Morgan fingerprint density at radius 2 is 2.08 bits per heavy atom. The van der Waals surface area contributed by atoms with Crippen LogP contribution in [0.25, 0.3) is 11.0 Å². The lowest BCUT2D eigenvalue weighted by Crippen LogP contribution is -2.33. The van der Waals surface area contributed by atoms with E-state index in [1.807, 2.05) is 7.05 Å². The van der Waals surface area contributed by atoms with Crippen molar-refractivity contribution in [1.82, 2.24) is 10.3 Å². The molecule has 0 atom stereocenters. The number of nitro groups is 1. The van der Waals surface area contributed by atoms with Gasteiger partial charge in [0.05, 0.1) is 10.6 Å². The lowest BCUT2D eigenvalue weighted by molar-refractivity contribution is -0.382. The molecule has 1 aliphatic carbocycles. The number of aliphatic hydroxyl groups is 1. The average Bonchev–Trinajstić information content (AvgIpc) is 3.10. The summed E-state index contributed by atoms with van der Waals surface area (Å²) in [4.78, 5) is 13.2. The highest BCUT2D eigenvalue weighted by atomic mass is 16.6.